The molecule has 0 bridgehead atoms. The van der Waals surface area contributed by atoms with Gasteiger partial charge in [-0.2, -0.15) is 4.31 Å². The highest BCUT2D eigenvalue weighted by Crippen LogP contribution is 2.34. The average Bonchev–Trinajstić information content (AvgIpc) is 2.22. The van der Waals surface area contributed by atoms with Gasteiger partial charge in [-0.25, -0.2) is 8.42 Å². The molecule has 7 heteroatoms. The van der Waals surface area contributed by atoms with Crippen LogP contribution in [0, 0.1) is 5.92 Å². The molecule has 0 aromatic heterocycles. The average molecular weight is 324 g/mol. The van der Waals surface area contributed by atoms with Crippen molar-refractivity contribution in [1.29, 1.82) is 0 Å². The van der Waals surface area contributed by atoms with Crippen LogP contribution in [0.5, 0.6) is 0 Å². The number of aliphatic hydroxyl groups is 1. The Hall–Kier alpha value is -0.330. The lowest BCUT2D eigenvalue weighted by Gasteiger charge is -2.47. The Morgan fingerprint density at radius 2 is 1.68 bits per heavy atom. The van der Waals surface area contributed by atoms with Crippen molar-refractivity contribution in [2.75, 3.05) is 13.1 Å². The molecule has 1 N–H and O–H groups in total. The summed E-state index contributed by atoms with van der Waals surface area (Å²) in [5, 5.41) is 10.7. The van der Waals surface area contributed by atoms with E-state index in [1.165, 1.54) is 22.5 Å². The Balaban J connectivity index is 2.26. The molecule has 4 nitrogen and oxygen atoms in total. The normalized spacial score (nSPS) is 19.5. The van der Waals surface area contributed by atoms with Crippen LogP contribution in [0.4, 0.5) is 0 Å². The lowest BCUT2D eigenvalue weighted by atomic mass is 9.85. The topological polar surface area (TPSA) is 57.6 Å². The highest BCUT2D eigenvalue weighted by Gasteiger charge is 2.49. The summed E-state index contributed by atoms with van der Waals surface area (Å²) in [7, 11) is -3.65. The summed E-state index contributed by atoms with van der Waals surface area (Å²) in [4.78, 5) is 0.0517. The minimum absolute atomic E-state index is 0.00176. The fraction of sp³-hybridized carbons (Fsp3) is 0.500. The minimum Gasteiger partial charge on any atom is -0.387 e. The molecule has 1 aliphatic rings. The zero-order valence-electron chi connectivity index (χ0n) is 10.6. The van der Waals surface area contributed by atoms with E-state index < -0.39 is 15.6 Å². The van der Waals surface area contributed by atoms with Gasteiger partial charge >= 0.3 is 0 Å². The van der Waals surface area contributed by atoms with Crippen molar-refractivity contribution in [3.8, 4) is 0 Å². The summed E-state index contributed by atoms with van der Waals surface area (Å²) in [6.07, 6.45) is 0. The van der Waals surface area contributed by atoms with Gasteiger partial charge < -0.3 is 5.11 Å². The molecular formula is C12H15Cl2NO3S. The predicted molar refractivity (Wildman–Crippen MR) is 75.0 cm³/mol. The van der Waals surface area contributed by atoms with Crippen LogP contribution in [-0.2, 0) is 10.0 Å². The van der Waals surface area contributed by atoms with Crippen molar-refractivity contribution < 1.29 is 13.5 Å². The number of hydrogen-bond donors (Lipinski definition) is 1. The number of benzene rings is 1. The molecule has 2 rings (SSSR count). The van der Waals surface area contributed by atoms with Crippen molar-refractivity contribution in [2.45, 2.75) is 24.3 Å². The quantitative estimate of drug-likeness (QED) is 0.929. The summed E-state index contributed by atoms with van der Waals surface area (Å²) in [5.41, 5.74) is -0.949. The molecule has 106 valence electrons. The first kappa shape index (κ1) is 15.1. The molecule has 1 aliphatic heterocycles. The van der Waals surface area contributed by atoms with E-state index in [1.807, 2.05) is 13.8 Å². The van der Waals surface area contributed by atoms with Gasteiger partial charge in [0.05, 0.1) is 10.5 Å². The van der Waals surface area contributed by atoms with E-state index in [4.69, 9.17) is 23.2 Å². The second-order valence-electron chi connectivity index (χ2n) is 5.14. The molecular weight excluding hydrogens is 309 g/mol. The number of rotatable bonds is 3. The molecule has 0 unspecified atom stereocenters. The standard InChI is InChI=1S/C12H15Cl2NO3S/c1-8(2)12(16)6-15(7-12)19(17,18)11-4-9(13)3-10(14)5-11/h3-5,8,16H,6-7H2,1-2H3. The number of β-amino-alcohol motifs (C(OH)–C–C–N with tert-alkyl or cyclic N) is 1. The maximum absolute atomic E-state index is 12.3. The van der Waals surface area contributed by atoms with Crippen molar-refractivity contribution in [3.05, 3.63) is 28.2 Å². The molecule has 1 fully saturated rings. The van der Waals surface area contributed by atoms with E-state index in [2.05, 4.69) is 0 Å². The third-order valence-corrected chi connectivity index (χ3v) is 5.65. The summed E-state index contributed by atoms with van der Waals surface area (Å²) >= 11 is 11.6. The van der Waals surface area contributed by atoms with Crippen LogP contribution in [0.2, 0.25) is 10.0 Å². The van der Waals surface area contributed by atoms with Gasteiger partial charge in [-0.05, 0) is 24.1 Å². The van der Waals surface area contributed by atoms with Gasteiger partial charge in [-0.3, -0.25) is 0 Å². The lowest BCUT2D eigenvalue weighted by Crippen LogP contribution is -2.65. The van der Waals surface area contributed by atoms with Crippen LogP contribution in [0.3, 0.4) is 0 Å². The van der Waals surface area contributed by atoms with Crippen molar-refractivity contribution in [1.82, 2.24) is 4.31 Å². The Bertz CT molecular complexity index is 575. The number of halogens is 2. The fourth-order valence-corrected chi connectivity index (χ4v) is 4.22. The highest BCUT2D eigenvalue weighted by atomic mass is 35.5. The van der Waals surface area contributed by atoms with Crippen LogP contribution in [0.15, 0.2) is 23.1 Å². The Morgan fingerprint density at radius 1 is 1.21 bits per heavy atom. The molecule has 1 aromatic rings. The maximum Gasteiger partial charge on any atom is 0.243 e. The molecule has 19 heavy (non-hydrogen) atoms. The van der Waals surface area contributed by atoms with Gasteiger partial charge in [0.1, 0.15) is 0 Å². The third kappa shape index (κ3) is 2.76. The van der Waals surface area contributed by atoms with E-state index in [0.717, 1.165) is 0 Å². The summed E-state index contributed by atoms with van der Waals surface area (Å²) in [5.74, 6) is 0.00176. The molecule has 0 aliphatic carbocycles. The first-order valence-electron chi connectivity index (χ1n) is 5.84. The van der Waals surface area contributed by atoms with E-state index in [1.54, 1.807) is 0 Å². The van der Waals surface area contributed by atoms with Crippen LogP contribution in [-0.4, -0.2) is 36.5 Å². The summed E-state index contributed by atoms with van der Waals surface area (Å²) in [6, 6.07) is 4.19. The van der Waals surface area contributed by atoms with Gasteiger partial charge in [0.25, 0.3) is 0 Å². The molecule has 1 heterocycles. The SMILES string of the molecule is CC(C)C1(O)CN(S(=O)(=O)c2cc(Cl)cc(Cl)c2)C1. The van der Waals surface area contributed by atoms with E-state index in [-0.39, 0.29) is 33.9 Å². The minimum atomic E-state index is -3.65. The monoisotopic (exact) mass is 323 g/mol. The van der Waals surface area contributed by atoms with Gasteiger partial charge in [0.2, 0.25) is 10.0 Å². The first-order chi connectivity index (χ1) is 8.65. The fourth-order valence-electron chi connectivity index (χ4n) is 1.93. The van der Waals surface area contributed by atoms with Gasteiger partial charge in [0.15, 0.2) is 0 Å². The molecule has 0 spiro atoms. The summed E-state index contributed by atoms with van der Waals surface area (Å²) < 4.78 is 25.9. The number of hydrogen-bond acceptors (Lipinski definition) is 3. The lowest BCUT2D eigenvalue weighted by molar-refractivity contribution is -0.0932. The van der Waals surface area contributed by atoms with Crippen LogP contribution in [0.25, 0.3) is 0 Å². The van der Waals surface area contributed by atoms with Gasteiger partial charge in [-0.1, -0.05) is 37.0 Å². The van der Waals surface area contributed by atoms with Crippen molar-refractivity contribution in [3.63, 3.8) is 0 Å². The number of nitrogens with zero attached hydrogens (tertiary/aromatic N) is 1. The molecule has 1 saturated heterocycles. The van der Waals surface area contributed by atoms with E-state index in [9.17, 15) is 13.5 Å². The zero-order chi connectivity index (χ0) is 14.4. The maximum atomic E-state index is 12.3. The molecule has 1 aromatic carbocycles. The predicted octanol–water partition coefficient (Wildman–Crippen LogP) is 2.38. The molecule has 0 saturated carbocycles. The highest BCUT2D eigenvalue weighted by molar-refractivity contribution is 7.89. The number of sulfonamides is 1. The van der Waals surface area contributed by atoms with Crippen molar-refractivity contribution >= 4 is 33.2 Å². The van der Waals surface area contributed by atoms with Gasteiger partial charge in [-0.15, -0.1) is 0 Å². The van der Waals surface area contributed by atoms with Crippen LogP contribution >= 0.6 is 23.2 Å². The third-order valence-electron chi connectivity index (χ3n) is 3.45. The van der Waals surface area contributed by atoms with E-state index in [0.29, 0.717) is 0 Å². The molecule has 0 atom stereocenters. The smallest absolute Gasteiger partial charge is 0.243 e. The van der Waals surface area contributed by atoms with Crippen LogP contribution in [0.1, 0.15) is 13.8 Å². The van der Waals surface area contributed by atoms with E-state index >= 15 is 0 Å². The Morgan fingerprint density at radius 3 is 2.11 bits per heavy atom. The van der Waals surface area contributed by atoms with Crippen molar-refractivity contribution in [2.24, 2.45) is 5.92 Å². The zero-order valence-corrected chi connectivity index (χ0v) is 12.9. The second kappa shape index (κ2) is 4.90. The first-order valence-corrected chi connectivity index (χ1v) is 8.03. The Kier molecular flexibility index (Phi) is 3.88. The second-order valence-corrected chi connectivity index (χ2v) is 7.95. The summed E-state index contributed by atoms with van der Waals surface area (Å²) in [6.45, 7) is 3.91. The van der Waals surface area contributed by atoms with Crippen LogP contribution < -0.4 is 0 Å². The molecule has 0 radical (unpaired) electrons. The Labute approximate surface area is 123 Å². The largest absolute Gasteiger partial charge is 0.387 e. The molecule has 0 amide bonds. The van der Waals surface area contributed by atoms with Gasteiger partial charge in [0, 0.05) is 23.1 Å².